The molecule has 8 heteroatoms. The smallest absolute Gasteiger partial charge is 0.408 e. The summed E-state index contributed by atoms with van der Waals surface area (Å²) in [5.41, 5.74) is 4.97. The quantitative estimate of drug-likeness (QED) is 0.780. The predicted molar refractivity (Wildman–Crippen MR) is 96.7 cm³/mol. The van der Waals surface area contributed by atoms with Gasteiger partial charge in [-0.15, -0.1) is 0 Å². The molecule has 1 amide bonds. The van der Waals surface area contributed by atoms with E-state index < -0.39 is 38.2 Å². The van der Waals surface area contributed by atoms with Gasteiger partial charge in [-0.2, -0.15) is 0 Å². The lowest BCUT2D eigenvalue weighted by Gasteiger charge is -2.24. The highest BCUT2D eigenvalue weighted by atomic mass is 79.9. The summed E-state index contributed by atoms with van der Waals surface area (Å²) in [6, 6.07) is 7.34. The fourth-order valence-electron chi connectivity index (χ4n) is 3.11. The van der Waals surface area contributed by atoms with E-state index in [0.29, 0.717) is 0 Å². The summed E-state index contributed by atoms with van der Waals surface area (Å²) in [5, 5.41) is 1.94. The van der Waals surface area contributed by atoms with E-state index in [-0.39, 0.29) is 6.54 Å². The molecule has 1 aliphatic rings. The maximum Gasteiger partial charge on any atom is 0.408 e. The Morgan fingerprint density at radius 2 is 1.88 bits per heavy atom. The third kappa shape index (κ3) is 3.92. The number of nitrogens with two attached hydrogens (primary N) is 1. The first kappa shape index (κ1) is 19.2. The maximum absolute atomic E-state index is 12.2. The molecular formula is C16H23BrN2O4S. The lowest BCUT2D eigenvalue weighted by Crippen LogP contribution is -2.48. The van der Waals surface area contributed by atoms with Crippen LogP contribution in [0.15, 0.2) is 28.7 Å². The van der Waals surface area contributed by atoms with Gasteiger partial charge in [-0.1, -0.05) is 28.1 Å². The van der Waals surface area contributed by atoms with Gasteiger partial charge in [0.1, 0.15) is 5.60 Å². The van der Waals surface area contributed by atoms with Gasteiger partial charge in [0, 0.05) is 23.2 Å². The predicted octanol–water partition coefficient (Wildman–Crippen LogP) is 2.18. The van der Waals surface area contributed by atoms with Crippen molar-refractivity contribution in [3.63, 3.8) is 0 Å². The van der Waals surface area contributed by atoms with Gasteiger partial charge in [-0.25, -0.2) is 13.2 Å². The van der Waals surface area contributed by atoms with Gasteiger partial charge in [0.2, 0.25) is 0 Å². The van der Waals surface area contributed by atoms with Gasteiger partial charge in [0.25, 0.3) is 0 Å². The normalized spacial score (nSPS) is 26.8. The van der Waals surface area contributed by atoms with E-state index in [9.17, 15) is 13.2 Å². The SMILES string of the molecule is CC(C)(C)OC(=O)N[C@@]1(CN)[C@H](c2ccc(Br)cc2)[C@@H]1S(C)(=O)=O. The van der Waals surface area contributed by atoms with Gasteiger partial charge >= 0.3 is 6.09 Å². The van der Waals surface area contributed by atoms with Crippen LogP contribution in [0.2, 0.25) is 0 Å². The number of carbonyl (C=O) groups is 1. The number of nitrogens with one attached hydrogen (secondary N) is 1. The van der Waals surface area contributed by atoms with Crippen LogP contribution in [0.25, 0.3) is 0 Å². The summed E-state index contributed by atoms with van der Waals surface area (Å²) in [4.78, 5) is 12.2. The summed E-state index contributed by atoms with van der Waals surface area (Å²) in [6.07, 6.45) is 0.499. The van der Waals surface area contributed by atoms with E-state index in [0.717, 1.165) is 16.3 Å². The highest BCUT2D eigenvalue weighted by molar-refractivity contribution is 9.10. The number of hydrogen-bond acceptors (Lipinski definition) is 5. The van der Waals surface area contributed by atoms with Crippen molar-refractivity contribution in [3.8, 4) is 0 Å². The van der Waals surface area contributed by atoms with Crippen LogP contribution in [-0.4, -0.2) is 43.7 Å². The van der Waals surface area contributed by atoms with Crippen molar-refractivity contribution in [1.82, 2.24) is 5.32 Å². The molecule has 3 N–H and O–H groups in total. The summed E-state index contributed by atoms with van der Waals surface area (Å²) in [7, 11) is -3.41. The van der Waals surface area contributed by atoms with Crippen molar-refractivity contribution in [2.24, 2.45) is 5.73 Å². The molecule has 134 valence electrons. The fourth-order valence-corrected chi connectivity index (χ4v) is 5.26. The van der Waals surface area contributed by atoms with Crippen LogP contribution in [0, 0.1) is 0 Å². The highest BCUT2D eigenvalue weighted by Gasteiger charge is 2.70. The number of ether oxygens (including phenoxy) is 1. The third-order valence-electron chi connectivity index (χ3n) is 4.02. The van der Waals surface area contributed by atoms with E-state index in [1.807, 2.05) is 24.3 Å². The molecule has 24 heavy (non-hydrogen) atoms. The minimum Gasteiger partial charge on any atom is -0.444 e. The lowest BCUT2D eigenvalue weighted by atomic mass is 10.1. The molecule has 3 atom stereocenters. The largest absolute Gasteiger partial charge is 0.444 e. The van der Waals surface area contributed by atoms with Crippen LogP contribution in [0.3, 0.4) is 0 Å². The van der Waals surface area contributed by atoms with Crippen LogP contribution in [-0.2, 0) is 14.6 Å². The maximum atomic E-state index is 12.2. The number of sulfone groups is 1. The van der Waals surface area contributed by atoms with Gasteiger partial charge in [0.05, 0.1) is 10.8 Å². The molecule has 1 aromatic rings. The third-order valence-corrected chi connectivity index (χ3v) is 6.16. The Hall–Kier alpha value is -1.12. The lowest BCUT2D eigenvalue weighted by molar-refractivity contribution is 0.0497. The van der Waals surface area contributed by atoms with Gasteiger partial charge < -0.3 is 15.8 Å². The van der Waals surface area contributed by atoms with E-state index >= 15 is 0 Å². The van der Waals surface area contributed by atoms with Crippen LogP contribution in [0.4, 0.5) is 4.79 Å². The van der Waals surface area contributed by atoms with E-state index in [2.05, 4.69) is 21.2 Å². The molecule has 0 heterocycles. The highest BCUT2D eigenvalue weighted by Crippen LogP contribution is 2.55. The Balaban J connectivity index is 2.34. The first-order valence-electron chi connectivity index (χ1n) is 7.56. The van der Waals surface area contributed by atoms with Crippen LogP contribution in [0.5, 0.6) is 0 Å². The summed E-state index contributed by atoms with van der Waals surface area (Å²) < 4.78 is 30.6. The van der Waals surface area contributed by atoms with Gasteiger partial charge in [0.15, 0.2) is 9.84 Å². The van der Waals surface area contributed by atoms with Crippen LogP contribution >= 0.6 is 15.9 Å². The zero-order chi connectivity index (χ0) is 18.3. The molecule has 0 aromatic heterocycles. The number of alkyl carbamates (subject to hydrolysis) is 1. The molecule has 1 fully saturated rings. The number of halogens is 1. The number of rotatable bonds is 4. The molecule has 1 saturated carbocycles. The van der Waals surface area contributed by atoms with E-state index in [1.165, 1.54) is 0 Å². The molecular weight excluding hydrogens is 396 g/mol. The summed E-state index contributed by atoms with van der Waals surface area (Å²) in [5.74, 6) is -0.405. The Morgan fingerprint density at radius 1 is 1.33 bits per heavy atom. The van der Waals surface area contributed by atoms with Crippen molar-refractivity contribution in [3.05, 3.63) is 34.3 Å². The Labute approximate surface area is 151 Å². The molecule has 1 aromatic carbocycles. The molecule has 1 aliphatic carbocycles. The average Bonchev–Trinajstić information content (AvgIpc) is 3.06. The second kappa shape index (κ2) is 6.31. The molecule has 0 radical (unpaired) electrons. The van der Waals surface area contributed by atoms with Crippen molar-refractivity contribution < 1.29 is 17.9 Å². The number of benzene rings is 1. The summed E-state index contributed by atoms with van der Waals surface area (Å²) >= 11 is 3.36. The van der Waals surface area contributed by atoms with Crippen molar-refractivity contribution in [2.45, 2.75) is 43.1 Å². The molecule has 0 saturated heterocycles. The number of hydrogen-bond donors (Lipinski definition) is 2. The van der Waals surface area contributed by atoms with Gasteiger partial charge in [-0.05, 0) is 38.5 Å². The standard InChI is InChI=1S/C16H23BrN2O4S/c1-15(2,3)23-14(20)19-16(9-18)12(13(16)24(4,21)22)10-5-7-11(17)8-6-10/h5-8,12-13H,9,18H2,1-4H3,(H,19,20)/t12-,13+,16+/m1/s1. The fraction of sp³-hybridized carbons (Fsp3) is 0.562. The topological polar surface area (TPSA) is 98.5 Å². The van der Waals surface area contributed by atoms with Gasteiger partial charge in [-0.3, -0.25) is 0 Å². The average molecular weight is 419 g/mol. The van der Waals surface area contributed by atoms with E-state index in [1.54, 1.807) is 20.8 Å². The molecule has 6 nitrogen and oxygen atoms in total. The molecule has 0 unspecified atom stereocenters. The summed E-state index contributed by atoms with van der Waals surface area (Å²) in [6.45, 7) is 5.24. The first-order valence-corrected chi connectivity index (χ1v) is 10.3. The van der Waals surface area contributed by atoms with Crippen molar-refractivity contribution >= 4 is 31.9 Å². The molecule has 0 aliphatic heterocycles. The minimum atomic E-state index is -3.41. The van der Waals surface area contributed by atoms with E-state index in [4.69, 9.17) is 10.5 Å². The van der Waals surface area contributed by atoms with Crippen molar-refractivity contribution in [2.75, 3.05) is 12.8 Å². The van der Waals surface area contributed by atoms with Crippen LogP contribution in [0.1, 0.15) is 32.3 Å². The van der Waals surface area contributed by atoms with Crippen molar-refractivity contribution in [1.29, 1.82) is 0 Å². The molecule has 2 rings (SSSR count). The first-order chi connectivity index (χ1) is 10.9. The molecule has 0 bridgehead atoms. The molecule has 0 spiro atoms. The zero-order valence-electron chi connectivity index (χ0n) is 14.2. The Kier molecular flexibility index (Phi) is 5.05. The monoisotopic (exact) mass is 418 g/mol. The Bertz CT molecular complexity index is 727. The second-order valence-corrected chi connectivity index (χ2v) is 10.2. The second-order valence-electron chi connectivity index (χ2n) is 7.15. The Morgan fingerprint density at radius 3 is 2.29 bits per heavy atom. The number of amides is 1. The van der Waals surface area contributed by atoms with Crippen LogP contribution < -0.4 is 11.1 Å². The minimum absolute atomic E-state index is 0.00467. The number of carbonyl (C=O) groups excluding carboxylic acids is 1. The zero-order valence-corrected chi connectivity index (χ0v) is 16.6.